The summed E-state index contributed by atoms with van der Waals surface area (Å²) in [4.78, 5) is 25.7. The third kappa shape index (κ3) is 4.75. The number of carbonyl (C=O) groups is 2. The minimum absolute atomic E-state index is 0.0380. The van der Waals surface area contributed by atoms with Gasteiger partial charge < -0.3 is 14.6 Å². The zero-order valence-electron chi connectivity index (χ0n) is 16.8. The standard InChI is InChI=1S/C25H22O5/c1-29-19-14-22(27)25(24(15-19)30-2)23(28)16-21(26)20-11-7-6-10-18(20)13-12-17-8-4-3-5-9-17/h3-15,27H,16H2,1-2H3/b13-12+. The number of hydrogen-bond acceptors (Lipinski definition) is 5. The Labute approximate surface area is 175 Å². The summed E-state index contributed by atoms with van der Waals surface area (Å²) in [6, 6.07) is 19.6. The van der Waals surface area contributed by atoms with E-state index in [9.17, 15) is 14.7 Å². The van der Waals surface area contributed by atoms with Crippen molar-refractivity contribution in [2.24, 2.45) is 0 Å². The van der Waals surface area contributed by atoms with Crippen molar-refractivity contribution in [3.63, 3.8) is 0 Å². The van der Waals surface area contributed by atoms with Gasteiger partial charge in [0.25, 0.3) is 0 Å². The number of aromatic hydroxyl groups is 1. The molecule has 3 aromatic rings. The van der Waals surface area contributed by atoms with E-state index in [4.69, 9.17) is 9.47 Å². The number of hydrogen-bond donors (Lipinski definition) is 1. The normalized spacial score (nSPS) is 10.7. The van der Waals surface area contributed by atoms with Gasteiger partial charge in [-0.2, -0.15) is 0 Å². The number of phenols is 1. The van der Waals surface area contributed by atoms with Crippen LogP contribution >= 0.6 is 0 Å². The molecule has 152 valence electrons. The Bertz CT molecular complexity index is 1080. The molecule has 3 aromatic carbocycles. The zero-order valence-corrected chi connectivity index (χ0v) is 16.8. The van der Waals surface area contributed by atoms with Crippen molar-refractivity contribution in [3.05, 3.63) is 89.0 Å². The van der Waals surface area contributed by atoms with Gasteiger partial charge >= 0.3 is 0 Å². The molecule has 3 rings (SSSR count). The summed E-state index contributed by atoms with van der Waals surface area (Å²) < 4.78 is 10.3. The largest absolute Gasteiger partial charge is 0.507 e. The predicted octanol–water partition coefficient (Wildman–Crippen LogP) is 5.04. The van der Waals surface area contributed by atoms with Crippen LogP contribution in [0.5, 0.6) is 17.2 Å². The molecule has 0 unspecified atom stereocenters. The maximum absolute atomic E-state index is 12.9. The van der Waals surface area contributed by atoms with Gasteiger partial charge in [0.15, 0.2) is 11.6 Å². The number of ketones is 2. The van der Waals surface area contributed by atoms with Crippen molar-refractivity contribution >= 4 is 23.7 Å². The highest BCUT2D eigenvalue weighted by Crippen LogP contribution is 2.34. The molecule has 0 atom stereocenters. The SMILES string of the molecule is COc1cc(O)c(C(=O)CC(=O)c2ccccc2/C=C/c2ccccc2)c(OC)c1. The topological polar surface area (TPSA) is 72.8 Å². The number of rotatable bonds is 8. The van der Waals surface area contributed by atoms with Crippen molar-refractivity contribution in [1.82, 2.24) is 0 Å². The molecular formula is C25H22O5. The third-order valence-corrected chi connectivity index (χ3v) is 4.63. The Morgan fingerprint density at radius 1 is 0.867 bits per heavy atom. The summed E-state index contributed by atoms with van der Waals surface area (Å²) in [5.41, 5.74) is 2.11. The minimum Gasteiger partial charge on any atom is -0.507 e. The summed E-state index contributed by atoms with van der Waals surface area (Å²) >= 11 is 0. The van der Waals surface area contributed by atoms with Crippen LogP contribution in [-0.2, 0) is 0 Å². The molecule has 0 fully saturated rings. The first-order valence-electron chi connectivity index (χ1n) is 9.37. The van der Waals surface area contributed by atoms with E-state index in [2.05, 4.69) is 0 Å². The Hall–Kier alpha value is -3.86. The molecule has 0 amide bonds. The first-order chi connectivity index (χ1) is 14.5. The lowest BCUT2D eigenvalue weighted by atomic mass is 9.96. The number of Topliss-reactive ketones (excluding diaryl/α,β-unsaturated/α-hetero) is 2. The molecule has 0 bridgehead atoms. The summed E-state index contributed by atoms with van der Waals surface area (Å²) in [7, 11) is 2.83. The maximum Gasteiger partial charge on any atom is 0.178 e. The van der Waals surface area contributed by atoms with Crippen molar-refractivity contribution < 1.29 is 24.2 Å². The van der Waals surface area contributed by atoms with E-state index in [0.717, 1.165) is 5.56 Å². The van der Waals surface area contributed by atoms with Crippen LogP contribution in [-0.4, -0.2) is 30.9 Å². The van der Waals surface area contributed by atoms with Gasteiger partial charge in [0.2, 0.25) is 0 Å². The van der Waals surface area contributed by atoms with Gasteiger partial charge in [-0.25, -0.2) is 0 Å². The van der Waals surface area contributed by atoms with E-state index >= 15 is 0 Å². The molecule has 1 N–H and O–H groups in total. The molecule has 0 aliphatic heterocycles. The second-order valence-corrected chi connectivity index (χ2v) is 6.58. The number of phenolic OH excluding ortho intramolecular Hbond substituents is 1. The van der Waals surface area contributed by atoms with Crippen LogP contribution in [0.2, 0.25) is 0 Å². The smallest absolute Gasteiger partial charge is 0.178 e. The first kappa shape index (κ1) is 20.9. The van der Waals surface area contributed by atoms with Crippen LogP contribution < -0.4 is 9.47 Å². The summed E-state index contributed by atoms with van der Waals surface area (Å²) in [5, 5.41) is 10.2. The second-order valence-electron chi connectivity index (χ2n) is 6.58. The van der Waals surface area contributed by atoms with Crippen LogP contribution in [0.1, 0.15) is 38.3 Å². The van der Waals surface area contributed by atoms with Gasteiger partial charge in [-0.3, -0.25) is 9.59 Å². The fraction of sp³-hybridized carbons (Fsp3) is 0.120. The molecule has 5 heteroatoms. The van der Waals surface area contributed by atoms with Crippen LogP contribution in [0, 0.1) is 0 Å². The van der Waals surface area contributed by atoms with Crippen molar-refractivity contribution in [3.8, 4) is 17.2 Å². The number of benzene rings is 3. The van der Waals surface area contributed by atoms with E-state index in [0.29, 0.717) is 16.9 Å². The Balaban J connectivity index is 1.85. The van der Waals surface area contributed by atoms with Gasteiger partial charge in [0.05, 0.1) is 20.6 Å². The van der Waals surface area contributed by atoms with E-state index in [1.54, 1.807) is 12.1 Å². The molecule has 0 saturated carbocycles. The van der Waals surface area contributed by atoms with Gasteiger partial charge in [0, 0.05) is 17.7 Å². The van der Waals surface area contributed by atoms with Crippen LogP contribution in [0.4, 0.5) is 0 Å². The van der Waals surface area contributed by atoms with E-state index in [-0.39, 0.29) is 22.8 Å². The summed E-state index contributed by atoms with van der Waals surface area (Å²) in [5.74, 6) is -0.656. The fourth-order valence-electron chi connectivity index (χ4n) is 3.11. The van der Waals surface area contributed by atoms with E-state index < -0.39 is 12.2 Å². The maximum atomic E-state index is 12.9. The number of methoxy groups -OCH3 is 2. The molecule has 0 aromatic heterocycles. The zero-order chi connectivity index (χ0) is 21.5. The van der Waals surface area contributed by atoms with Crippen LogP contribution in [0.3, 0.4) is 0 Å². The molecule has 5 nitrogen and oxygen atoms in total. The fourth-order valence-corrected chi connectivity index (χ4v) is 3.11. The first-order valence-corrected chi connectivity index (χ1v) is 9.37. The summed E-state index contributed by atoms with van der Waals surface area (Å²) in [6.07, 6.45) is 3.36. The van der Waals surface area contributed by atoms with E-state index in [1.807, 2.05) is 54.6 Å². The van der Waals surface area contributed by atoms with Gasteiger partial charge in [-0.1, -0.05) is 66.7 Å². The van der Waals surface area contributed by atoms with Crippen LogP contribution in [0.15, 0.2) is 66.7 Å². The summed E-state index contributed by atoms with van der Waals surface area (Å²) in [6.45, 7) is 0. The van der Waals surface area contributed by atoms with Crippen molar-refractivity contribution in [2.45, 2.75) is 6.42 Å². The Morgan fingerprint density at radius 3 is 2.27 bits per heavy atom. The lowest BCUT2D eigenvalue weighted by Crippen LogP contribution is -2.11. The molecule has 30 heavy (non-hydrogen) atoms. The average Bonchev–Trinajstić information content (AvgIpc) is 2.77. The molecule has 0 spiro atoms. The Kier molecular flexibility index (Phi) is 6.65. The molecule has 0 radical (unpaired) electrons. The quantitative estimate of drug-likeness (QED) is 0.325. The third-order valence-electron chi connectivity index (χ3n) is 4.63. The number of carbonyl (C=O) groups excluding carboxylic acids is 2. The highest BCUT2D eigenvalue weighted by Gasteiger charge is 2.23. The highest BCUT2D eigenvalue weighted by molar-refractivity contribution is 6.16. The van der Waals surface area contributed by atoms with Crippen molar-refractivity contribution in [2.75, 3.05) is 14.2 Å². The van der Waals surface area contributed by atoms with Crippen LogP contribution in [0.25, 0.3) is 12.2 Å². The van der Waals surface area contributed by atoms with Crippen molar-refractivity contribution in [1.29, 1.82) is 0 Å². The molecule has 0 aliphatic carbocycles. The predicted molar refractivity (Wildman–Crippen MR) is 116 cm³/mol. The highest BCUT2D eigenvalue weighted by atomic mass is 16.5. The Morgan fingerprint density at radius 2 is 1.57 bits per heavy atom. The van der Waals surface area contributed by atoms with Gasteiger partial charge in [0.1, 0.15) is 22.8 Å². The van der Waals surface area contributed by atoms with Gasteiger partial charge in [-0.05, 0) is 11.1 Å². The lowest BCUT2D eigenvalue weighted by Gasteiger charge is -2.12. The van der Waals surface area contributed by atoms with E-state index in [1.165, 1.54) is 26.4 Å². The second kappa shape index (κ2) is 9.56. The molecule has 0 saturated heterocycles. The average molecular weight is 402 g/mol. The molecular weight excluding hydrogens is 380 g/mol. The number of ether oxygens (including phenoxy) is 2. The minimum atomic E-state index is -0.529. The monoisotopic (exact) mass is 402 g/mol. The molecule has 0 aliphatic rings. The molecule has 0 heterocycles. The van der Waals surface area contributed by atoms with Gasteiger partial charge in [-0.15, -0.1) is 0 Å². The lowest BCUT2D eigenvalue weighted by molar-refractivity contribution is 0.0891.